The maximum Gasteiger partial charge on any atom is 0.266 e. The van der Waals surface area contributed by atoms with Gasteiger partial charge in [0.25, 0.3) is 5.91 Å². The first-order valence-electron chi connectivity index (χ1n) is 8.08. The van der Waals surface area contributed by atoms with Gasteiger partial charge in [0, 0.05) is 17.7 Å². The Balaban J connectivity index is 1.79. The van der Waals surface area contributed by atoms with Crippen molar-refractivity contribution in [1.82, 2.24) is 0 Å². The van der Waals surface area contributed by atoms with E-state index >= 15 is 0 Å². The van der Waals surface area contributed by atoms with E-state index in [9.17, 15) is 10.1 Å². The smallest absolute Gasteiger partial charge is 0.266 e. The zero-order chi connectivity index (χ0) is 17.3. The number of nitriles is 1. The molecule has 1 aliphatic carbocycles. The molecule has 1 aromatic heterocycles. The van der Waals surface area contributed by atoms with E-state index < -0.39 is 5.91 Å². The lowest BCUT2D eigenvalue weighted by atomic mass is 10.1. The molecule has 1 saturated carbocycles. The van der Waals surface area contributed by atoms with Gasteiger partial charge in [0.15, 0.2) is 0 Å². The van der Waals surface area contributed by atoms with Gasteiger partial charge in [0.05, 0.1) is 0 Å². The SMILES string of the molecule is Cc1cccc(C)c1NC(=O)/C(C#N)=C/c1ccc([C@@H]2C[C@@H]2C)o1. The van der Waals surface area contributed by atoms with E-state index in [2.05, 4.69) is 12.2 Å². The van der Waals surface area contributed by atoms with Gasteiger partial charge in [-0.2, -0.15) is 5.26 Å². The molecule has 0 bridgehead atoms. The summed E-state index contributed by atoms with van der Waals surface area (Å²) in [4.78, 5) is 12.4. The van der Waals surface area contributed by atoms with Crippen molar-refractivity contribution in [3.05, 3.63) is 58.6 Å². The highest BCUT2D eigenvalue weighted by atomic mass is 16.3. The number of para-hydroxylation sites is 1. The minimum Gasteiger partial charge on any atom is -0.461 e. The molecule has 4 heteroatoms. The van der Waals surface area contributed by atoms with Crippen LogP contribution in [0.3, 0.4) is 0 Å². The summed E-state index contributed by atoms with van der Waals surface area (Å²) in [6.45, 7) is 6.03. The molecule has 0 radical (unpaired) electrons. The number of nitrogens with zero attached hydrogens (tertiary/aromatic N) is 1. The fourth-order valence-electron chi connectivity index (χ4n) is 2.85. The fourth-order valence-corrected chi connectivity index (χ4v) is 2.85. The van der Waals surface area contributed by atoms with Crippen molar-refractivity contribution in [3.63, 3.8) is 0 Å². The molecule has 1 fully saturated rings. The number of furan rings is 1. The summed E-state index contributed by atoms with van der Waals surface area (Å²) >= 11 is 0. The number of aryl methyl sites for hydroxylation is 2. The Morgan fingerprint density at radius 1 is 1.29 bits per heavy atom. The highest BCUT2D eigenvalue weighted by Crippen LogP contribution is 2.47. The van der Waals surface area contributed by atoms with Crippen LogP contribution in [-0.4, -0.2) is 5.91 Å². The number of hydrogen-bond donors (Lipinski definition) is 1. The maximum atomic E-state index is 12.4. The monoisotopic (exact) mass is 320 g/mol. The Kier molecular flexibility index (Phi) is 4.26. The van der Waals surface area contributed by atoms with Gasteiger partial charge in [-0.05, 0) is 49.4 Å². The van der Waals surface area contributed by atoms with Gasteiger partial charge >= 0.3 is 0 Å². The molecule has 122 valence electrons. The predicted octanol–water partition coefficient (Wildman–Crippen LogP) is 4.57. The van der Waals surface area contributed by atoms with Crippen molar-refractivity contribution < 1.29 is 9.21 Å². The van der Waals surface area contributed by atoms with Gasteiger partial charge < -0.3 is 9.73 Å². The quantitative estimate of drug-likeness (QED) is 0.663. The molecule has 0 saturated heterocycles. The van der Waals surface area contributed by atoms with E-state index in [-0.39, 0.29) is 5.57 Å². The zero-order valence-corrected chi connectivity index (χ0v) is 14.1. The third-order valence-corrected chi connectivity index (χ3v) is 4.49. The molecular formula is C20H20N2O2. The van der Waals surface area contributed by atoms with Gasteiger partial charge in [-0.15, -0.1) is 0 Å². The van der Waals surface area contributed by atoms with Crippen LogP contribution in [0.25, 0.3) is 6.08 Å². The number of hydrogen-bond acceptors (Lipinski definition) is 3. The number of amides is 1. The Morgan fingerprint density at radius 3 is 2.54 bits per heavy atom. The first-order valence-corrected chi connectivity index (χ1v) is 8.08. The lowest BCUT2D eigenvalue weighted by molar-refractivity contribution is -0.112. The lowest BCUT2D eigenvalue weighted by Crippen LogP contribution is -2.15. The van der Waals surface area contributed by atoms with Crippen LogP contribution in [0.4, 0.5) is 5.69 Å². The van der Waals surface area contributed by atoms with Gasteiger partial charge in [-0.3, -0.25) is 4.79 Å². The molecule has 2 aromatic rings. The Hall–Kier alpha value is -2.80. The van der Waals surface area contributed by atoms with E-state index in [1.807, 2.05) is 50.2 Å². The first kappa shape index (κ1) is 16.1. The summed E-state index contributed by atoms with van der Waals surface area (Å²) in [6, 6.07) is 11.5. The fraction of sp³-hybridized carbons (Fsp3) is 0.300. The summed E-state index contributed by atoms with van der Waals surface area (Å²) in [5, 5.41) is 12.2. The van der Waals surface area contributed by atoms with Gasteiger partial charge in [0.2, 0.25) is 0 Å². The van der Waals surface area contributed by atoms with E-state index in [1.165, 1.54) is 6.08 Å². The molecule has 1 heterocycles. The Labute approximate surface area is 141 Å². The Bertz CT molecular complexity index is 835. The minimum atomic E-state index is -0.423. The van der Waals surface area contributed by atoms with Crippen LogP contribution >= 0.6 is 0 Å². The number of rotatable bonds is 4. The van der Waals surface area contributed by atoms with Crippen LogP contribution in [0.15, 0.2) is 40.3 Å². The van der Waals surface area contributed by atoms with Crippen LogP contribution in [0, 0.1) is 31.1 Å². The molecule has 1 N–H and O–H groups in total. The summed E-state index contributed by atoms with van der Waals surface area (Å²) in [5.74, 6) is 2.17. The predicted molar refractivity (Wildman–Crippen MR) is 93.4 cm³/mol. The largest absolute Gasteiger partial charge is 0.461 e. The number of carbonyl (C=O) groups is 1. The highest BCUT2D eigenvalue weighted by Gasteiger charge is 2.36. The van der Waals surface area contributed by atoms with Crippen molar-refractivity contribution in [2.75, 3.05) is 5.32 Å². The van der Waals surface area contributed by atoms with Crippen molar-refractivity contribution in [2.24, 2.45) is 5.92 Å². The third-order valence-electron chi connectivity index (χ3n) is 4.49. The zero-order valence-electron chi connectivity index (χ0n) is 14.1. The van der Waals surface area contributed by atoms with E-state index in [4.69, 9.17) is 4.42 Å². The van der Waals surface area contributed by atoms with E-state index in [1.54, 1.807) is 0 Å². The molecule has 1 aromatic carbocycles. The van der Waals surface area contributed by atoms with Crippen molar-refractivity contribution in [1.29, 1.82) is 5.26 Å². The molecule has 4 nitrogen and oxygen atoms in total. The number of benzene rings is 1. The van der Waals surface area contributed by atoms with Crippen LogP contribution in [-0.2, 0) is 4.79 Å². The number of carbonyl (C=O) groups excluding carboxylic acids is 1. The van der Waals surface area contributed by atoms with Crippen molar-refractivity contribution in [2.45, 2.75) is 33.1 Å². The second-order valence-corrected chi connectivity index (χ2v) is 6.45. The second kappa shape index (κ2) is 6.37. The minimum absolute atomic E-state index is 0.0300. The molecular weight excluding hydrogens is 300 g/mol. The maximum absolute atomic E-state index is 12.4. The molecule has 2 atom stereocenters. The average molecular weight is 320 g/mol. The lowest BCUT2D eigenvalue weighted by Gasteiger charge is -2.10. The summed E-state index contributed by atoms with van der Waals surface area (Å²) in [5.41, 5.74) is 2.70. The third kappa shape index (κ3) is 3.26. The highest BCUT2D eigenvalue weighted by molar-refractivity contribution is 6.10. The molecule has 0 unspecified atom stereocenters. The van der Waals surface area contributed by atoms with E-state index in [0.29, 0.717) is 17.6 Å². The Morgan fingerprint density at radius 2 is 1.96 bits per heavy atom. The molecule has 1 amide bonds. The van der Waals surface area contributed by atoms with Crippen molar-refractivity contribution >= 4 is 17.7 Å². The first-order chi connectivity index (χ1) is 11.5. The summed E-state index contributed by atoms with van der Waals surface area (Å²) in [7, 11) is 0. The molecule has 0 spiro atoms. The standard InChI is InChI=1S/C20H20N2O2/c1-12-5-4-6-13(2)19(12)22-20(23)15(11-21)10-16-7-8-18(24-16)17-9-14(17)3/h4-8,10,14,17H,9H2,1-3H3,(H,22,23)/b15-10+/t14-,17+/m0/s1. The van der Waals surface area contributed by atoms with Crippen molar-refractivity contribution in [3.8, 4) is 6.07 Å². The average Bonchev–Trinajstić information content (AvgIpc) is 3.09. The second-order valence-electron chi connectivity index (χ2n) is 6.45. The van der Waals surface area contributed by atoms with Gasteiger partial charge in [-0.1, -0.05) is 25.1 Å². The topological polar surface area (TPSA) is 66.0 Å². The molecule has 3 rings (SSSR count). The molecule has 1 aliphatic rings. The number of nitrogens with one attached hydrogen (secondary N) is 1. The van der Waals surface area contributed by atoms with Gasteiger partial charge in [-0.25, -0.2) is 0 Å². The van der Waals surface area contributed by atoms with E-state index in [0.717, 1.165) is 29.0 Å². The molecule has 0 aliphatic heterocycles. The number of anilines is 1. The van der Waals surface area contributed by atoms with Crippen LogP contribution in [0.1, 0.15) is 41.9 Å². The van der Waals surface area contributed by atoms with Crippen LogP contribution < -0.4 is 5.32 Å². The van der Waals surface area contributed by atoms with Gasteiger partial charge in [0.1, 0.15) is 23.2 Å². The molecule has 24 heavy (non-hydrogen) atoms. The summed E-state index contributed by atoms with van der Waals surface area (Å²) in [6.07, 6.45) is 2.63. The van der Waals surface area contributed by atoms with Crippen LogP contribution in [0.2, 0.25) is 0 Å². The van der Waals surface area contributed by atoms with Crippen LogP contribution in [0.5, 0.6) is 0 Å². The normalized spacial score (nSPS) is 19.7. The summed E-state index contributed by atoms with van der Waals surface area (Å²) < 4.78 is 5.75.